The van der Waals surface area contributed by atoms with Crippen molar-refractivity contribution in [2.45, 2.75) is 6.92 Å². The fourth-order valence-electron chi connectivity index (χ4n) is 1.77. The number of nitrogen functional groups attached to an aromatic ring is 1. The highest BCUT2D eigenvalue weighted by molar-refractivity contribution is 7.18. The predicted molar refractivity (Wildman–Crippen MR) is 57.9 cm³/mol. The van der Waals surface area contributed by atoms with Gasteiger partial charge in [0.15, 0.2) is 0 Å². The number of hydrogen-bond acceptors (Lipinski definition) is 2. The van der Waals surface area contributed by atoms with Crippen LogP contribution >= 0.6 is 11.3 Å². The molecule has 0 aliphatic rings. The maximum Gasteiger partial charge on any atom is 0.278 e. The molecule has 0 radical (unpaired) electrons. The van der Waals surface area contributed by atoms with Gasteiger partial charge >= 0.3 is 0 Å². The van der Waals surface area contributed by atoms with Gasteiger partial charge in [0, 0.05) is 19.3 Å². The molecule has 0 amide bonds. The Morgan fingerprint density at radius 1 is 1.43 bits per heavy atom. The predicted octanol–water partition coefficient (Wildman–Crippen LogP) is 1.46. The highest BCUT2D eigenvalue weighted by Crippen LogP contribution is 2.24. The largest absolute Gasteiger partial charge is 0.316 e. The van der Waals surface area contributed by atoms with Crippen LogP contribution in [0.15, 0.2) is 30.6 Å². The highest BCUT2D eigenvalue weighted by Gasteiger charge is 2.19. The van der Waals surface area contributed by atoms with Gasteiger partial charge in [-0.2, -0.15) is 0 Å². The Hall–Kier alpha value is -1.55. The number of fused-ring (bicyclic) bond motifs is 3. The second-order valence-electron chi connectivity index (χ2n) is 3.33. The standard InChI is InChI=1S/C10H10N3S/c1-7-13(11)10-8-4-2-3-5-12(8)6-9(10)14-7/h2-6H,11H2,1H3/q+1. The van der Waals surface area contributed by atoms with E-state index in [0.29, 0.717) is 0 Å². The Morgan fingerprint density at radius 3 is 3.14 bits per heavy atom. The van der Waals surface area contributed by atoms with Crippen LogP contribution in [-0.2, 0) is 0 Å². The summed E-state index contributed by atoms with van der Waals surface area (Å²) in [5.74, 6) is 5.96. The molecule has 0 fully saturated rings. The SMILES string of the molecule is Cc1sc2cn3ccccc3c2[n+]1N. The van der Waals surface area contributed by atoms with E-state index in [-0.39, 0.29) is 0 Å². The molecule has 3 rings (SSSR count). The van der Waals surface area contributed by atoms with Gasteiger partial charge < -0.3 is 4.40 Å². The fourth-order valence-corrected chi connectivity index (χ4v) is 2.74. The van der Waals surface area contributed by atoms with Crippen molar-refractivity contribution in [3.05, 3.63) is 35.6 Å². The van der Waals surface area contributed by atoms with E-state index in [1.165, 1.54) is 4.70 Å². The zero-order chi connectivity index (χ0) is 9.71. The topological polar surface area (TPSA) is 34.3 Å². The first kappa shape index (κ1) is 7.82. The molecule has 3 nitrogen and oxygen atoms in total. The molecule has 0 bridgehead atoms. The van der Waals surface area contributed by atoms with E-state index in [4.69, 9.17) is 5.84 Å². The van der Waals surface area contributed by atoms with Crippen molar-refractivity contribution in [3.63, 3.8) is 0 Å². The summed E-state index contributed by atoms with van der Waals surface area (Å²) in [6, 6.07) is 6.13. The smallest absolute Gasteiger partial charge is 0.278 e. The summed E-state index contributed by atoms with van der Waals surface area (Å²) in [6.07, 6.45) is 4.16. The van der Waals surface area contributed by atoms with Crippen molar-refractivity contribution >= 4 is 27.1 Å². The molecule has 0 saturated heterocycles. The zero-order valence-electron chi connectivity index (χ0n) is 7.77. The van der Waals surface area contributed by atoms with E-state index in [9.17, 15) is 0 Å². The quantitative estimate of drug-likeness (QED) is 0.436. The molecule has 0 atom stereocenters. The first-order valence-electron chi connectivity index (χ1n) is 4.43. The third kappa shape index (κ3) is 0.834. The summed E-state index contributed by atoms with van der Waals surface area (Å²) in [5.41, 5.74) is 2.28. The summed E-state index contributed by atoms with van der Waals surface area (Å²) in [4.78, 5) is 0. The van der Waals surface area contributed by atoms with Crippen LogP contribution in [0, 0.1) is 6.92 Å². The first-order chi connectivity index (χ1) is 6.77. The van der Waals surface area contributed by atoms with Crippen molar-refractivity contribution in [1.82, 2.24) is 4.40 Å². The van der Waals surface area contributed by atoms with Gasteiger partial charge in [-0.05, 0) is 12.1 Å². The van der Waals surface area contributed by atoms with Crippen LogP contribution in [0.3, 0.4) is 0 Å². The Bertz CT molecular complexity index is 621. The Morgan fingerprint density at radius 2 is 2.29 bits per heavy atom. The van der Waals surface area contributed by atoms with Crippen molar-refractivity contribution < 1.29 is 4.68 Å². The second kappa shape index (κ2) is 2.48. The number of pyridine rings is 1. The number of nitrogens with zero attached hydrogens (tertiary/aromatic N) is 2. The molecule has 3 aromatic heterocycles. The van der Waals surface area contributed by atoms with Gasteiger partial charge in [-0.15, -0.1) is 0 Å². The molecular weight excluding hydrogens is 194 g/mol. The van der Waals surface area contributed by atoms with E-state index in [1.807, 2.05) is 25.3 Å². The number of thiazole rings is 1. The molecule has 3 heterocycles. The van der Waals surface area contributed by atoms with Crippen molar-refractivity contribution in [2.75, 3.05) is 5.84 Å². The summed E-state index contributed by atoms with van der Waals surface area (Å²) < 4.78 is 5.09. The minimum absolute atomic E-state index is 1.12. The average Bonchev–Trinajstić information content (AvgIpc) is 2.65. The first-order valence-corrected chi connectivity index (χ1v) is 5.25. The molecule has 0 aromatic carbocycles. The van der Waals surface area contributed by atoms with Gasteiger partial charge in [-0.3, -0.25) is 0 Å². The van der Waals surface area contributed by atoms with Crippen LogP contribution < -0.4 is 10.5 Å². The van der Waals surface area contributed by atoms with Crippen LogP contribution in [0.25, 0.3) is 15.7 Å². The lowest BCUT2D eigenvalue weighted by atomic mass is 10.4. The van der Waals surface area contributed by atoms with Crippen molar-refractivity contribution in [2.24, 2.45) is 0 Å². The number of nitrogens with two attached hydrogens (primary N) is 1. The van der Waals surface area contributed by atoms with Crippen LogP contribution in [-0.4, -0.2) is 4.40 Å². The molecule has 4 heteroatoms. The van der Waals surface area contributed by atoms with Gasteiger partial charge in [-0.25, -0.2) is 5.84 Å². The highest BCUT2D eigenvalue weighted by atomic mass is 32.1. The van der Waals surface area contributed by atoms with E-state index < -0.39 is 0 Å². The van der Waals surface area contributed by atoms with E-state index in [2.05, 4.69) is 16.7 Å². The Balaban J connectivity index is 2.62. The van der Waals surface area contributed by atoms with Gasteiger partial charge in [0.1, 0.15) is 10.2 Å². The molecule has 0 unspecified atom stereocenters. The number of hydrogen-bond donors (Lipinski definition) is 1. The number of aromatic nitrogens is 2. The average molecular weight is 204 g/mol. The molecule has 70 valence electrons. The van der Waals surface area contributed by atoms with Crippen LogP contribution in [0.4, 0.5) is 0 Å². The summed E-state index contributed by atoms with van der Waals surface area (Å²) >= 11 is 1.72. The number of aryl methyl sites for hydroxylation is 1. The molecule has 0 saturated carbocycles. The summed E-state index contributed by atoms with van der Waals surface area (Å²) in [7, 11) is 0. The molecular formula is C10H10N3S+. The van der Waals surface area contributed by atoms with Gasteiger partial charge in [0.2, 0.25) is 0 Å². The lowest BCUT2D eigenvalue weighted by Gasteiger charge is -1.90. The molecule has 14 heavy (non-hydrogen) atoms. The van der Waals surface area contributed by atoms with Gasteiger partial charge in [-0.1, -0.05) is 22.1 Å². The zero-order valence-corrected chi connectivity index (χ0v) is 8.58. The summed E-state index contributed by atoms with van der Waals surface area (Å²) in [5, 5.41) is 1.13. The van der Waals surface area contributed by atoms with Gasteiger partial charge in [0.05, 0.1) is 0 Å². The monoisotopic (exact) mass is 204 g/mol. The van der Waals surface area contributed by atoms with Crippen molar-refractivity contribution in [3.8, 4) is 0 Å². The maximum absolute atomic E-state index is 5.96. The molecule has 0 aliphatic carbocycles. The van der Waals surface area contributed by atoms with E-state index in [0.717, 1.165) is 16.0 Å². The molecule has 0 aliphatic heterocycles. The van der Waals surface area contributed by atoms with E-state index in [1.54, 1.807) is 16.0 Å². The van der Waals surface area contributed by atoms with Crippen LogP contribution in [0.1, 0.15) is 5.01 Å². The lowest BCUT2D eigenvalue weighted by molar-refractivity contribution is -0.612. The summed E-state index contributed by atoms with van der Waals surface area (Å²) in [6.45, 7) is 2.03. The van der Waals surface area contributed by atoms with Crippen LogP contribution in [0.5, 0.6) is 0 Å². The Labute approximate surface area is 85.0 Å². The minimum atomic E-state index is 1.12. The number of rotatable bonds is 0. The fraction of sp³-hybridized carbons (Fsp3) is 0.100. The van der Waals surface area contributed by atoms with Crippen LogP contribution in [0.2, 0.25) is 0 Å². The minimum Gasteiger partial charge on any atom is -0.316 e. The third-order valence-corrected chi connectivity index (χ3v) is 3.47. The second-order valence-corrected chi connectivity index (χ2v) is 4.56. The lowest BCUT2D eigenvalue weighted by Crippen LogP contribution is -2.45. The maximum atomic E-state index is 5.96. The normalized spacial score (nSPS) is 11.5. The van der Waals surface area contributed by atoms with Gasteiger partial charge in [0.25, 0.3) is 10.5 Å². The third-order valence-electron chi connectivity index (χ3n) is 2.46. The molecule has 0 spiro atoms. The molecule has 2 N–H and O–H groups in total. The Kier molecular flexibility index (Phi) is 1.39. The molecule has 3 aromatic rings. The van der Waals surface area contributed by atoms with Crippen molar-refractivity contribution in [1.29, 1.82) is 0 Å². The van der Waals surface area contributed by atoms with E-state index >= 15 is 0 Å².